The van der Waals surface area contributed by atoms with E-state index in [2.05, 4.69) is 26.2 Å². The van der Waals surface area contributed by atoms with Gasteiger partial charge < -0.3 is 25.6 Å². The minimum Gasteiger partial charge on any atom is -0.461 e. The molecule has 0 aliphatic carbocycles. The van der Waals surface area contributed by atoms with Crippen molar-refractivity contribution in [3.63, 3.8) is 0 Å². The summed E-state index contributed by atoms with van der Waals surface area (Å²) in [4.78, 5) is 29.3. The van der Waals surface area contributed by atoms with E-state index in [1.807, 2.05) is 4.90 Å². The summed E-state index contributed by atoms with van der Waals surface area (Å²) in [6, 6.07) is 6.38. The zero-order valence-electron chi connectivity index (χ0n) is 26.1. The Hall–Kier alpha value is -3.83. The molecule has 5 saturated heterocycles. The Morgan fingerprint density at radius 3 is 2.69 bits per heavy atom. The van der Waals surface area contributed by atoms with Gasteiger partial charge in [-0.25, -0.2) is 8.78 Å². The van der Waals surface area contributed by atoms with E-state index in [4.69, 9.17) is 27.1 Å². The van der Waals surface area contributed by atoms with Gasteiger partial charge in [0.15, 0.2) is 5.82 Å². The van der Waals surface area contributed by atoms with Gasteiger partial charge >= 0.3 is 6.01 Å². The Kier molecular flexibility index (Phi) is 6.99. The summed E-state index contributed by atoms with van der Waals surface area (Å²) in [6.07, 6.45) is 5.81. The van der Waals surface area contributed by atoms with Crippen LogP contribution >= 0.6 is 22.9 Å². The third kappa shape index (κ3) is 4.49. The second kappa shape index (κ2) is 11.1. The van der Waals surface area contributed by atoms with Gasteiger partial charge in [0.2, 0.25) is 5.91 Å². The van der Waals surface area contributed by atoms with Crippen molar-refractivity contribution in [1.82, 2.24) is 25.1 Å². The number of carbonyl (C=O) groups is 1. The van der Waals surface area contributed by atoms with Crippen LogP contribution in [0.5, 0.6) is 6.01 Å². The number of nitrogens with two attached hydrogens (primary N) is 1. The van der Waals surface area contributed by atoms with E-state index >= 15 is 4.39 Å². The molecule has 48 heavy (non-hydrogen) atoms. The van der Waals surface area contributed by atoms with Gasteiger partial charge in [-0.3, -0.25) is 9.69 Å². The van der Waals surface area contributed by atoms with Crippen LogP contribution in [0, 0.1) is 23.0 Å². The molecule has 4 aromatic rings. The van der Waals surface area contributed by atoms with E-state index in [0.29, 0.717) is 37.4 Å². The number of rotatable bonds is 6. The molecule has 0 radical (unpaired) electrons. The lowest BCUT2D eigenvalue weighted by molar-refractivity contribution is -0.131. The van der Waals surface area contributed by atoms with Crippen LogP contribution in [-0.2, 0) is 4.79 Å². The maximum absolute atomic E-state index is 17.1. The number of nitrogens with one attached hydrogen (secondary N) is 1. The van der Waals surface area contributed by atoms with Crippen LogP contribution in [0.1, 0.15) is 44.1 Å². The summed E-state index contributed by atoms with van der Waals surface area (Å²) < 4.78 is 38.6. The molecule has 3 N–H and O–H groups in total. The SMILES string of the molecule is N#Cc1c(N)sc2c(F)ccc(-c3c(Cl)cc4c(N5CCC6C5CCN6C(=O)C5CN5)nc(OCC56CCCN5CCC6)nc4c3F)c12. The van der Waals surface area contributed by atoms with Crippen LogP contribution in [0.4, 0.5) is 19.6 Å². The van der Waals surface area contributed by atoms with Gasteiger partial charge in [-0.15, -0.1) is 11.3 Å². The lowest BCUT2D eigenvalue weighted by Crippen LogP contribution is -2.43. The number of hydrogen-bond acceptors (Lipinski definition) is 10. The summed E-state index contributed by atoms with van der Waals surface area (Å²) in [7, 11) is 0. The maximum atomic E-state index is 17.1. The largest absolute Gasteiger partial charge is 0.461 e. The van der Waals surface area contributed by atoms with Crippen molar-refractivity contribution in [1.29, 1.82) is 5.26 Å². The van der Waals surface area contributed by atoms with E-state index in [1.54, 1.807) is 6.07 Å². The van der Waals surface area contributed by atoms with Gasteiger partial charge in [0.1, 0.15) is 34.8 Å². The van der Waals surface area contributed by atoms with Crippen LogP contribution in [-0.4, -0.2) is 88.7 Å². The van der Waals surface area contributed by atoms with Crippen molar-refractivity contribution >= 4 is 60.7 Å². The lowest BCUT2D eigenvalue weighted by Gasteiger charge is -2.31. The average Bonchev–Trinajstić information content (AvgIpc) is 3.38. The molecule has 0 bridgehead atoms. The minimum absolute atomic E-state index is 0.00241. The molecule has 0 saturated carbocycles. The van der Waals surface area contributed by atoms with Crippen molar-refractivity contribution in [3.8, 4) is 23.2 Å². The fourth-order valence-corrected chi connectivity index (χ4v) is 10.1. The number of ether oxygens (including phenoxy) is 1. The molecule has 9 rings (SSSR count). The normalized spacial score (nSPS) is 24.4. The fourth-order valence-electron chi connectivity index (χ4n) is 8.82. The van der Waals surface area contributed by atoms with E-state index in [9.17, 15) is 14.4 Å². The van der Waals surface area contributed by atoms with Gasteiger partial charge in [0.05, 0.1) is 39.0 Å². The third-order valence-corrected chi connectivity index (χ3v) is 12.5. The van der Waals surface area contributed by atoms with Gasteiger partial charge in [-0.2, -0.15) is 15.2 Å². The Labute approximate surface area is 284 Å². The fraction of sp³-hybridized carbons (Fsp3) is 0.471. The standard InChI is InChI=1S/C34H33ClF2N8O2S/c35-20-13-18-28(27(37)26(20)17-3-4-21(36)29-25(17)19(14-38)30(39)48-29)41-33(47-16-34-7-1-9-43(34)10-2-8-34)42-31(18)44-11-5-24-23(44)6-12-45(24)32(46)22-15-40-22/h3-4,13,22-24,40H,1-2,5-12,15-16,39H2. The van der Waals surface area contributed by atoms with Crippen molar-refractivity contribution in [2.75, 3.05) is 50.0 Å². The van der Waals surface area contributed by atoms with Gasteiger partial charge in [-0.1, -0.05) is 17.7 Å². The zero-order chi connectivity index (χ0) is 32.9. The number of fused-ring (bicyclic) bond motifs is 4. The molecule has 10 nitrogen and oxygen atoms in total. The predicted octanol–water partition coefficient (Wildman–Crippen LogP) is 5.06. The lowest BCUT2D eigenvalue weighted by atomic mass is 9.95. The molecule has 2 aromatic carbocycles. The quantitative estimate of drug-likeness (QED) is 0.267. The highest BCUT2D eigenvalue weighted by Gasteiger charge is 2.49. The number of amides is 1. The van der Waals surface area contributed by atoms with Gasteiger partial charge in [0, 0.05) is 36.0 Å². The first kappa shape index (κ1) is 30.2. The summed E-state index contributed by atoms with van der Waals surface area (Å²) in [5, 5.41) is 13.9. The first-order valence-corrected chi connectivity index (χ1v) is 17.8. The van der Waals surface area contributed by atoms with Gasteiger partial charge in [0.25, 0.3) is 0 Å². The number of nitriles is 1. The number of nitrogen functional groups attached to an aromatic ring is 1. The molecule has 2 aromatic heterocycles. The molecule has 0 spiro atoms. The number of likely N-dealkylation sites (tertiary alicyclic amines) is 1. The molecular weight excluding hydrogens is 658 g/mol. The van der Waals surface area contributed by atoms with Crippen molar-refractivity contribution in [2.24, 2.45) is 0 Å². The van der Waals surface area contributed by atoms with Crippen LogP contribution in [0.3, 0.4) is 0 Å². The van der Waals surface area contributed by atoms with E-state index in [-0.39, 0.29) is 77.9 Å². The molecule has 14 heteroatoms. The maximum Gasteiger partial charge on any atom is 0.319 e. The topological polar surface area (TPSA) is 134 Å². The number of aromatic nitrogens is 2. The first-order valence-electron chi connectivity index (χ1n) is 16.6. The summed E-state index contributed by atoms with van der Waals surface area (Å²) >= 11 is 7.86. The molecule has 5 fully saturated rings. The van der Waals surface area contributed by atoms with Crippen molar-refractivity contribution in [2.45, 2.75) is 62.2 Å². The summed E-state index contributed by atoms with van der Waals surface area (Å²) in [5.74, 6) is -0.620. The smallest absolute Gasteiger partial charge is 0.319 e. The number of anilines is 2. The molecule has 7 heterocycles. The molecule has 3 unspecified atom stereocenters. The Balaban J connectivity index is 1.18. The van der Waals surface area contributed by atoms with Crippen LogP contribution in [0.15, 0.2) is 18.2 Å². The van der Waals surface area contributed by atoms with Crippen LogP contribution in [0.2, 0.25) is 5.02 Å². The van der Waals surface area contributed by atoms with E-state index < -0.39 is 11.6 Å². The second-order valence-corrected chi connectivity index (χ2v) is 15.1. The molecule has 5 aliphatic rings. The van der Waals surface area contributed by atoms with Gasteiger partial charge in [-0.05, 0) is 69.3 Å². The Morgan fingerprint density at radius 1 is 1.17 bits per heavy atom. The molecule has 5 aliphatic heterocycles. The average molecular weight is 691 g/mol. The summed E-state index contributed by atoms with van der Waals surface area (Å²) in [6.45, 7) is 4.46. The Bertz CT molecular complexity index is 2050. The number of nitrogens with zero attached hydrogens (tertiary/aromatic N) is 6. The number of thiophene rings is 1. The summed E-state index contributed by atoms with van der Waals surface area (Å²) in [5.41, 5.74) is 6.39. The number of halogens is 3. The number of benzene rings is 2. The molecule has 3 atom stereocenters. The number of carbonyl (C=O) groups excluding carboxylic acids is 1. The highest BCUT2D eigenvalue weighted by molar-refractivity contribution is 7.23. The van der Waals surface area contributed by atoms with Crippen LogP contribution in [0.25, 0.3) is 32.1 Å². The van der Waals surface area contributed by atoms with Crippen molar-refractivity contribution in [3.05, 3.63) is 40.4 Å². The first-order chi connectivity index (χ1) is 23.3. The third-order valence-electron chi connectivity index (χ3n) is 11.2. The monoisotopic (exact) mass is 690 g/mol. The van der Waals surface area contributed by atoms with Crippen molar-refractivity contribution < 1.29 is 18.3 Å². The molecular formula is C34H33ClF2N8O2S. The number of hydrogen-bond donors (Lipinski definition) is 2. The molecule has 1 amide bonds. The Morgan fingerprint density at radius 2 is 1.94 bits per heavy atom. The zero-order valence-corrected chi connectivity index (χ0v) is 27.6. The highest BCUT2D eigenvalue weighted by atomic mass is 35.5. The molecule has 248 valence electrons. The minimum atomic E-state index is -0.715. The predicted molar refractivity (Wildman–Crippen MR) is 180 cm³/mol. The van der Waals surface area contributed by atoms with E-state index in [0.717, 1.165) is 63.0 Å². The van der Waals surface area contributed by atoms with Crippen LogP contribution < -0.4 is 20.7 Å². The second-order valence-electron chi connectivity index (χ2n) is 13.6. The highest BCUT2D eigenvalue weighted by Crippen LogP contribution is 2.47. The van der Waals surface area contributed by atoms with E-state index in [1.165, 1.54) is 12.1 Å².